The summed E-state index contributed by atoms with van der Waals surface area (Å²) in [5, 5.41) is 20.0. The highest BCUT2D eigenvalue weighted by Crippen LogP contribution is 2.33. The fraction of sp³-hybridized carbons (Fsp3) is 0.250. The number of hydrogen-bond donors (Lipinski definition) is 2. The Hall–Kier alpha value is -1.62. The van der Waals surface area contributed by atoms with Gasteiger partial charge in [0, 0.05) is 10.5 Å². The summed E-state index contributed by atoms with van der Waals surface area (Å²) in [4.78, 5) is -0.0551. The second-order valence-corrected chi connectivity index (χ2v) is 10.9. The first-order chi connectivity index (χ1) is 12.1. The Morgan fingerprint density at radius 1 is 1.08 bits per heavy atom. The zero-order chi connectivity index (χ0) is 19.1. The number of benzene rings is 2. The number of sulfone groups is 1. The smallest absolute Gasteiger partial charge is 0.264 e. The summed E-state index contributed by atoms with van der Waals surface area (Å²) in [5.74, 6) is -1.18. The Morgan fingerprint density at radius 2 is 1.73 bits per heavy atom. The lowest BCUT2D eigenvalue weighted by molar-refractivity contribution is 0.184. The van der Waals surface area contributed by atoms with Crippen molar-refractivity contribution in [3.05, 3.63) is 53.0 Å². The van der Waals surface area contributed by atoms with E-state index in [2.05, 4.69) is 15.9 Å². The molecule has 2 aromatic rings. The lowest BCUT2D eigenvalue weighted by atomic mass is 10.2. The van der Waals surface area contributed by atoms with Crippen molar-refractivity contribution in [2.24, 2.45) is 0 Å². The number of halogens is 1. The summed E-state index contributed by atoms with van der Waals surface area (Å²) in [5.41, 5.74) is 0.0778. The molecule has 0 unspecified atom stereocenters. The molecule has 140 valence electrons. The van der Waals surface area contributed by atoms with Crippen LogP contribution in [0.4, 0.5) is 5.69 Å². The van der Waals surface area contributed by atoms with Gasteiger partial charge in [0.05, 0.1) is 34.2 Å². The number of hydrogen-bond acceptors (Lipinski definition) is 6. The first-order valence-electron chi connectivity index (χ1n) is 7.58. The number of phenols is 1. The fourth-order valence-electron chi connectivity index (χ4n) is 2.89. The quantitative estimate of drug-likeness (QED) is 0.713. The van der Waals surface area contributed by atoms with Crippen molar-refractivity contribution >= 4 is 41.5 Å². The Bertz CT molecular complexity index is 1020. The Labute approximate surface area is 160 Å². The lowest BCUT2D eigenvalue weighted by Crippen LogP contribution is -2.47. The standard InChI is InChI=1S/C16H16BrNO6S2/c17-11-4-6-14(7-5-11)26(23,24)18(12-2-1-3-13(19)8-12)15-9-25(21,22)10-16(15)20/h1-8,15-16,19-20H,9-10H2/t15-,16+/m0/s1. The van der Waals surface area contributed by atoms with Crippen LogP contribution in [0.15, 0.2) is 57.9 Å². The molecule has 0 aromatic heterocycles. The van der Waals surface area contributed by atoms with E-state index >= 15 is 0 Å². The van der Waals surface area contributed by atoms with E-state index in [4.69, 9.17) is 0 Å². The molecular weight excluding hydrogens is 446 g/mol. The number of aliphatic hydroxyl groups is 1. The average molecular weight is 462 g/mol. The van der Waals surface area contributed by atoms with Crippen LogP contribution in [0.5, 0.6) is 5.75 Å². The van der Waals surface area contributed by atoms with E-state index in [1.165, 1.54) is 36.4 Å². The summed E-state index contributed by atoms with van der Waals surface area (Å²) >= 11 is 3.23. The minimum Gasteiger partial charge on any atom is -0.508 e. The van der Waals surface area contributed by atoms with Crippen molar-refractivity contribution in [1.82, 2.24) is 0 Å². The molecule has 0 aliphatic carbocycles. The van der Waals surface area contributed by atoms with Crippen LogP contribution in [0.2, 0.25) is 0 Å². The van der Waals surface area contributed by atoms with E-state index in [0.717, 1.165) is 4.31 Å². The van der Waals surface area contributed by atoms with Crippen LogP contribution in [0.3, 0.4) is 0 Å². The van der Waals surface area contributed by atoms with Gasteiger partial charge in [-0.15, -0.1) is 0 Å². The molecular formula is C16H16BrNO6S2. The third-order valence-electron chi connectivity index (χ3n) is 4.05. The second-order valence-electron chi connectivity index (χ2n) is 5.99. The van der Waals surface area contributed by atoms with Gasteiger partial charge >= 0.3 is 0 Å². The minimum atomic E-state index is -4.18. The maximum atomic E-state index is 13.2. The third-order valence-corrected chi connectivity index (χ3v) is 8.14. The summed E-state index contributed by atoms with van der Waals surface area (Å²) in [7, 11) is -7.76. The Morgan fingerprint density at radius 3 is 2.27 bits per heavy atom. The van der Waals surface area contributed by atoms with Crippen LogP contribution in [0.25, 0.3) is 0 Å². The molecule has 3 rings (SSSR count). The molecule has 26 heavy (non-hydrogen) atoms. The first kappa shape index (κ1) is 19.2. The van der Waals surface area contributed by atoms with Gasteiger partial charge in [0.2, 0.25) is 0 Å². The predicted molar refractivity (Wildman–Crippen MR) is 100 cm³/mol. The van der Waals surface area contributed by atoms with Gasteiger partial charge in [-0.3, -0.25) is 4.31 Å². The SMILES string of the molecule is O=S1(=O)C[C@@H](O)[C@@H](N(c2cccc(O)c2)S(=O)(=O)c2ccc(Br)cc2)C1. The van der Waals surface area contributed by atoms with Gasteiger partial charge in [-0.1, -0.05) is 22.0 Å². The molecule has 2 aromatic carbocycles. The largest absolute Gasteiger partial charge is 0.508 e. The van der Waals surface area contributed by atoms with Crippen LogP contribution in [0, 0.1) is 0 Å². The van der Waals surface area contributed by atoms with E-state index in [1.807, 2.05) is 0 Å². The molecule has 10 heteroatoms. The molecule has 1 heterocycles. The van der Waals surface area contributed by atoms with Crippen LogP contribution in [0.1, 0.15) is 0 Å². The molecule has 1 aliphatic heterocycles. The molecule has 1 aliphatic rings. The molecule has 2 N–H and O–H groups in total. The normalized spacial score (nSPS) is 22.2. The maximum Gasteiger partial charge on any atom is 0.264 e. The third kappa shape index (κ3) is 3.73. The number of nitrogens with zero attached hydrogens (tertiary/aromatic N) is 1. The number of rotatable bonds is 4. The summed E-state index contributed by atoms with van der Waals surface area (Å²) in [6, 6.07) is 10.2. The molecule has 2 atom stereocenters. The van der Waals surface area contributed by atoms with E-state index < -0.39 is 43.5 Å². The van der Waals surface area contributed by atoms with Crippen molar-refractivity contribution in [3.63, 3.8) is 0 Å². The molecule has 1 saturated heterocycles. The summed E-state index contributed by atoms with van der Waals surface area (Å²) < 4.78 is 51.9. The van der Waals surface area contributed by atoms with Gasteiger partial charge in [-0.2, -0.15) is 0 Å². The van der Waals surface area contributed by atoms with E-state index in [-0.39, 0.29) is 16.3 Å². The Kier molecular flexibility index (Phi) is 5.04. The van der Waals surface area contributed by atoms with E-state index in [1.54, 1.807) is 12.1 Å². The summed E-state index contributed by atoms with van der Waals surface area (Å²) in [6.45, 7) is 0. The second kappa shape index (κ2) is 6.84. The van der Waals surface area contributed by atoms with Crippen molar-refractivity contribution in [3.8, 4) is 5.75 Å². The van der Waals surface area contributed by atoms with Crippen molar-refractivity contribution in [2.75, 3.05) is 15.8 Å². The van der Waals surface area contributed by atoms with Crippen LogP contribution in [-0.2, 0) is 19.9 Å². The number of phenolic OH excluding ortho intramolecular Hbond substituents is 1. The van der Waals surface area contributed by atoms with Gasteiger partial charge in [0.15, 0.2) is 9.84 Å². The monoisotopic (exact) mass is 461 g/mol. The molecule has 0 saturated carbocycles. The van der Waals surface area contributed by atoms with Crippen molar-refractivity contribution < 1.29 is 27.0 Å². The fourth-order valence-corrected chi connectivity index (χ4v) is 6.69. The van der Waals surface area contributed by atoms with Crippen LogP contribution >= 0.6 is 15.9 Å². The van der Waals surface area contributed by atoms with Crippen molar-refractivity contribution in [1.29, 1.82) is 0 Å². The lowest BCUT2D eigenvalue weighted by Gasteiger charge is -2.31. The zero-order valence-corrected chi connectivity index (χ0v) is 16.6. The van der Waals surface area contributed by atoms with Gasteiger partial charge in [0.1, 0.15) is 5.75 Å². The first-order valence-corrected chi connectivity index (χ1v) is 11.6. The zero-order valence-electron chi connectivity index (χ0n) is 13.4. The van der Waals surface area contributed by atoms with Gasteiger partial charge in [-0.05, 0) is 36.4 Å². The molecule has 7 nitrogen and oxygen atoms in total. The number of aromatic hydroxyl groups is 1. The number of anilines is 1. The molecule has 0 amide bonds. The Balaban J connectivity index is 2.16. The van der Waals surface area contributed by atoms with Gasteiger partial charge in [-0.25, -0.2) is 16.8 Å². The highest BCUT2D eigenvalue weighted by molar-refractivity contribution is 9.10. The van der Waals surface area contributed by atoms with Gasteiger partial charge < -0.3 is 10.2 Å². The van der Waals surface area contributed by atoms with Gasteiger partial charge in [0.25, 0.3) is 10.0 Å². The topological polar surface area (TPSA) is 112 Å². The van der Waals surface area contributed by atoms with E-state index in [0.29, 0.717) is 4.47 Å². The highest BCUT2D eigenvalue weighted by atomic mass is 79.9. The van der Waals surface area contributed by atoms with Crippen molar-refractivity contribution in [2.45, 2.75) is 17.0 Å². The molecule has 0 bridgehead atoms. The maximum absolute atomic E-state index is 13.2. The minimum absolute atomic E-state index is 0.0551. The van der Waals surface area contributed by atoms with Crippen LogP contribution in [-0.4, -0.2) is 50.7 Å². The highest BCUT2D eigenvalue weighted by Gasteiger charge is 2.45. The molecule has 0 spiro atoms. The molecule has 1 fully saturated rings. The number of aliphatic hydroxyl groups excluding tert-OH is 1. The predicted octanol–water partition coefficient (Wildman–Crippen LogP) is 1.51. The number of sulfonamides is 1. The van der Waals surface area contributed by atoms with E-state index in [9.17, 15) is 27.0 Å². The van der Waals surface area contributed by atoms with Crippen LogP contribution < -0.4 is 4.31 Å². The summed E-state index contributed by atoms with van der Waals surface area (Å²) in [6.07, 6.45) is -1.37. The molecule has 0 radical (unpaired) electrons. The average Bonchev–Trinajstić information content (AvgIpc) is 2.80.